The van der Waals surface area contributed by atoms with Gasteiger partial charge in [0.25, 0.3) is 0 Å². The van der Waals surface area contributed by atoms with Gasteiger partial charge >= 0.3 is 115 Å². The minimum absolute atomic E-state index is 0.980. The van der Waals surface area contributed by atoms with Gasteiger partial charge in [0.2, 0.25) is 0 Å². The molecule has 2 aromatic rings. The first-order chi connectivity index (χ1) is 8.38. The second-order valence-corrected chi connectivity index (χ2v) is 5.36. The summed E-state index contributed by atoms with van der Waals surface area (Å²) in [6, 6.07) is 21.0. The molecule has 0 fully saturated rings. The summed E-state index contributed by atoms with van der Waals surface area (Å²) in [4.78, 5) is 4.69. The maximum absolute atomic E-state index is 3.00. The van der Waals surface area contributed by atoms with Crippen molar-refractivity contribution in [3.05, 3.63) is 76.1 Å². The van der Waals surface area contributed by atoms with E-state index >= 15 is 0 Å². The van der Waals surface area contributed by atoms with Gasteiger partial charge < -0.3 is 0 Å². The molecule has 0 nitrogen and oxygen atoms in total. The van der Waals surface area contributed by atoms with Crippen molar-refractivity contribution in [3.8, 4) is 0 Å². The van der Waals surface area contributed by atoms with Crippen molar-refractivity contribution in [3.63, 3.8) is 0 Å². The van der Waals surface area contributed by atoms with Crippen LogP contribution in [0.2, 0.25) is 0 Å². The first-order valence-electron chi connectivity index (χ1n) is 5.46. The van der Waals surface area contributed by atoms with E-state index in [-0.39, 0.29) is 0 Å². The number of hydrogen-bond acceptors (Lipinski definition) is 1. The Kier molecular flexibility index (Phi) is 4.93. The third-order valence-corrected chi connectivity index (χ3v) is 4.31. The van der Waals surface area contributed by atoms with E-state index < -0.39 is 0 Å². The molecule has 0 heterocycles. The van der Waals surface area contributed by atoms with Gasteiger partial charge in [0.1, 0.15) is 0 Å². The van der Waals surface area contributed by atoms with Crippen LogP contribution >= 0.6 is 11.8 Å². The van der Waals surface area contributed by atoms with Crippen molar-refractivity contribution in [1.29, 1.82) is 0 Å². The van der Waals surface area contributed by atoms with Gasteiger partial charge in [-0.25, -0.2) is 0 Å². The fourth-order valence-electron chi connectivity index (χ4n) is 1.54. The van der Waals surface area contributed by atoms with Crippen molar-refractivity contribution in [2.75, 3.05) is 0 Å². The average Bonchev–Trinajstić information content (AvgIpc) is 2.40. The van der Waals surface area contributed by atoms with E-state index in [9.17, 15) is 0 Å². The summed E-state index contributed by atoms with van der Waals surface area (Å²) in [6.45, 7) is 0. The topological polar surface area (TPSA) is 0 Å². The van der Waals surface area contributed by atoms with Crippen LogP contribution in [0.25, 0.3) is 0 Å². The number of benzene rings is 2. The van der Waals surface area contributed by atoms with Crippen LogP contribution in [0.5, 0.6) is 0 Å². The van der Waals surface area contributed by atoms with Crippen LogP contribution in [0, 0.1) is 0 Å². The van der Waals surface area contributed by atoms with Crippen molar-refractivity contribution >= 4 is 27.8 Å². The van der Waals surface area contributed by atoms with Gasteiger partial charge in [-0.1, -0.05) is 0 Å². The molecule has 1 radical (unpaired) electrons. The summed E-state index contributed by atoms with van der Waals surface area (Å²) in [5.74, 6) is 0. The number of rotatable bonds is 4. The molecular formula is C15H13SSe. The fraction of sp³-hybridized carbons (Fsp3) is 0.0667. The second-order valence-electron chi connectivity index (χ2n) is 3.66. The Morgan fingerprint density at radius 1 is 0.941 bits per heavy atom. The number of hydrogen-bond donors (Lipinski definition) is 0. The van der Waals surface area contributed by atoms with Gasteiger partial charge in [0.05, 0.1) is 0 Å². The summed E-state index contributed by atoms with van der Waals surface area (Å²) < 4.78 is 0. The van der Waals surface area contributed by atoms with Crippen LogP contribution < -0.4 is 0 Å². The molecule has 0 amide bonds. The average molecular weight is 304 g/mol. The summed E-state index contributed by atoms with van der Waals surface area (Å²) in [7, 11) is 0. The Morgan fingerprint density at radius 3 is 2.12 bits per heavy atom. The zero-order chi connectivity index (χ0) is 11.9. The third-order valence-electron chi connectivity index (χ3n) is 2.34. The first kappa shape index (κ1) is 12.5. The van der Waals surface area contributed by atoms with Crippen LogP contribution in [0.15, 0.2) is 75.4 Å². The molecule has 2 aromatic carbocycles. The predicted octanol–water partition coefficient (Wildman–Crippen LogP) is 4.03. The summed E-state index contributed by atoms with van der Waals surface area (Å²) in [6.07, 6.45) is 0.980. The monoisotopic (exact) mass is 305 g/mol. The van der Waals surface area contributed by atoms with Gasteiger partial charge in [-0.3, -0.25) is 0 Å². The van der Waals surface area contributed by atoms with E-state index in [1.807, 2.05) is 17.8 Å². The van der Waals surface area contributed by atoms with E-state index in [1.165, 1.54) is 15.4 Å². The summed E-state index contributed by atoms with van der Waals surface area (Å²) in [5.41, 5.74) is 1.34. The normalized spacial score (nSPS) is 11.4. The molecule has 0 spiro atoms. The van der Waals surface area contributed by atoms with Crippen molar-refractivity contribution in [2.45, 2.75) is 11.3 Å². The van der Waals surface area contributed by atoms with Crippen molar-refractivity contribution < 1.29 is 0 Å². The molecular weight excluding hydrogens is 291 g/mol. The fourth-order valence-corrected chi connectivity index (χ4v) is 2.90. The Bertz CT molecular complexity index is 433. The minimum atomic E-state index is 0.980. The van der Waals surface area contributed by atoms with Crippen molar-refractivity contribution in [2.24, 2.45) is 0 Å². The summed E-state index contributed by atoms with van der Waals surface area (Å²) >= 11 is 4.81. The van der Waals surface area contributed by atoms with E-state index in [0.29, 0.717) is 0 Å². The zero-order valence-electron chi connectivity index (χ0n) is 9.37. The summed E-state index contributed by atoms with van der Waals surface area (Å²) in [5, 5.41) is 0. The molecule has 0 saturated carbocycles. The molecule has 0 bridgehead atoms. The van der Waals surface area contributed by atoms with Crippen LogP contribution in [0.4, 0.5) is 0 Å². The van der Waals surface area contributed by atoms with Gasteiger partial charge in [-0.15, -0.1) is 0 Å². The molecule has 0 saturated heterocycles. The molecule has 0 aliphatic rings. The molecule has 17 heavy (non-hydrogen) atoms. The molecule has 0 unspecified atom stereocenters. The predicted molar refractivity (Wildman–Crippen MR) is 76.3 cm³/mol. The van der Waals surface area contributed by atoms with E-state index in [1.54, 1.807) is 0 Å². The van der Waals surface area contributed by atoms with E-state index in [2.05, 4.69) is 75.6 Å². The van der Waals surface area contributed by atoms with Crippen LogP contribution in [0.3, 0.4) is 0 Å². The third kappa shape index (κ3) is 4.08. The maximum atomic E-state index is 3.00. The second kappa shape index (κ2) is 6.70. The van der Waals surface area contributed by atoms with Gasteiger partial charge in [0.15, 0.2) is 0 Å². The Morgan fingerprint density at radius 2 is 1.53 bits per heavy atom. The number of allylic oxidation sites excluding steroid dienone is 1. The number of thioether (sulfide) groups is 1. The molecule has 2 heteroatoms. The Labute approximate surface area is 115 Å². The SMILES string of the molecule is [Se]C=C(Cc1ccccc1)Sc1ccccc1. The van der Waals surface area contributed by atoms with E-state index in [0.717, 1.165) is 6.42 Å². The molecule has 85 valence electrons. The van der Waals surface area contributed by atoms with Gasteiger partial charge in [-0.2, -0.15) is 0 Å². The van der Waals surface area contributed by atoms with Crippen LogP contribution in [-0.4, -0.2) is 16.0 Å². The molecule has 0 aromatic heterocycles. The zero-order valence-corrected chi connectivity index (χ0v) is 11.9. The van der Waals surface area contributed by atoms with Crippen molar-refractivity contribution in [1.82, 2.24) is 0 Å². The molecule has 0 aliphatic carbocycles. The van der Waals surface area contributed by atoms with E-state index in [4.69, 9.17) is 0 Å². The Hall–Kier alpha value is -0.951. The quantitative estimate of drug-likeness (QED) is 0.607. The molecule has 0 atom stereocenters. The van der Waals surface area contributed by atoms with Gasteiger partial charge in [-0.05, 0) is 0 Å². The molecule has 0 aliphatic heterocycles. The first-order valence-corrected chi connectivity index (χ1v) is 7.27. The molecule has 0 N–H and O–H groups in total. The van der Waals surface area contributed by atoms with Gasteiger partial charge in [0, 0.05) is 0 Å². The Balaban J connectivity index is 2.04. The standard InChI is InChI=1S/C15H13SSe/c17-12-15(11-13-7-3-1-4-8-13)16-14-9-5-2-6-10-14/h1-10,12H,11H2. The van der Waals surface area contributed by atoms with Crippen LogP contribution in [0.1, 0.15) is 5.56 Å². The van der Waals surface area contributed by atoms with Crippen LogP contribution in [-0.2, 0) is 6.42 Å². The molecule has 2 rings (SSSR count).